The van der Waals surface area contributed by atoms with Crippen molar-refractivity contribution in [2.24, 2.45) is 5.92 Å². The Hall–Kier alpha value is -0.120. The van der Waals surface area contributed by atoms with Gasteiger partial charge >= 0.3 is 0 Å². The summed E-state index contributed by atoms with van der Waals surface area (Å²) in [4.78, 5) is 5.20. The Balaban J connectivity index is 1.87. The van der Waals surface area contributed by atoms with Crippen molar-refractivity contribution in [3.05, 3.63) is 0 Å². The zero-order valence-corrected chi connectivity index (χ0v) is 13.2. The second-order valence-corrected chi connectivity index (χ2v) is 6.65. The molecule has 0 bridgehead atoms. The summed E-state index contributed by atoms with van der Waals surface area (Å²) >= 11 is 0. The van der Waals surface area contributed by atoms with Gasteiger partial charge in [-0.3, -0.25) is 0 Å². The zero-order valence-electron chi connectivity index (χ0n) is 13.2. The van der Waals surface area contributed by atoms with Crippen LogP contribution in [-0.2, 0) is 0 Å². The minimum Gasteiger partial charge on any atom is -0.314 e. The highest BCUT2D eigenvalue weighted by Gasteiger charge is 2.27. The molecular formula is C16H33N3. The van der Waals surface area contributed by atoms with E-state index in [0.29, 0.717) is 0 Å². The third kappa shape index (κ3) is 4.44. The Morgan fingerprint density at radius 2 is 1.89 bits per heavy atom. The number of rotatable bonds is 4. The molecule has 0 amide bonds. The molecular weight excluding hydrogens is 234 g/mol. The fraction of sp³-hybridized carbons (Fsp3) is 1.00. The summed E-state index contributed by atoms with van der Waals surface area (Å²) in [5.74, 6) is 0.873. The molecule has 3 unspecified atom stereocenters. The fourth-order valence-corrected chi connectivity index (χ4v) is 3.76. The predicted octanol–water partition coefficient (Wildman–Crippen LogP) is 2.18. The second-order valence-electron chi connectivity index (χ2n) is 6.65. The van der Waals surface area contributed by atoms with E-state index in [-0.39, 0.29) is 0 Å². The van der Waals surface area contributed by atoms with Gasteiger partial charge < -0.3 is 15.1 Å². The van der Waals surface area contributed by atoms with Crippen molar-refractivity contribution in [1.82, 2.24) is 15.1 Å². The molecule has 112 valence electrons. The van der Waals surface area contributed by atoms with Crippen LogP contribution >= 0.6 is 0 Å². The van der Waals surface area contributed by atoms with Crippen LogP contribution in [0.1, 0.15) is 46.0 Å². The van der Waals surface area contributed by atoms with Crippen LogP contribution < -0.4 is 5.32 Å². The Morgan fingerprint density at radius 3 is 2.63 bits per heavy atom. The van der Waals surface area contributed by atoms with Gasteiger partial charge in [0.1, 0.15) is 0 Å². The molecule has 1 aliphatic heterocycles. The minimum absolute atomic E-state index is 0.720. The van der Waals surface area contributed by atoms with Gasteiger partial charge in [0.2, 0.25) is 0 Å². The zero-order chi connectivity index (χ0) is 13.7. The molecule has 1 saturated carbocycles. The first-order valence-electron chi connectivity index (χ1n) is 8.36. The molecule has 0 aromatic rings. The molecule has 3 nitrogen and oxygen atoms in total. The van der Waals surface area contributed by atoms with Gasteiger partial charge in [-0.15, -0.1) is 0 Å². The van der Waals surface area contributed by atoms with Crippen molar-refractivity contribution in [3.63, 3.8) is 0 Å². The quantitative estimate of drug-likeness (QED) is 0.788. The smallest absolute Gasteiger partial charge is 0.0192 e. The maximum absolute atomic E-state index is 3.75. The van der Waals surface area contributed by atoms with Gasteiger partial charge in [-0.2, -0.15) is 0 Å². The molecule has 2 rings (SSSR count). The van der Waals surface area contributed by atoms with Crippen molar-refractivity contribution < 1.29 is 0 Å². The van der Waals surface area contributed by atoms with Gasteiger partial charge in [-0.1, -0.05) is 26.2 Å². The van der Waals surface area contributed by atoms with E-state index in [0.717, 1.165) is 24.5 Å². The maximum Gasteiger partial charge on any atom is 0.0192 e. The lowest BCUT2D eigenvalue weighted by molar-refractivity contribution is 0.0844. The molecule has 2 aliphatic rings. The Bertz CT molecular complexity index is 256. The van der Waals surface area contributed by atoms with Crippen LogP contribution in [0.2, 0.25) is 0 Å². The monoisotopic (exact) mass is 267 g/mol. The van der Waals surface area contributed by atoms with Crippen LogP contribution in [0.5, 0.6) is 0 Å². The van der Waals surface area contributed by atoms with Gasteiger partial charge in [0.15, 0.2) is 0 Å². The van der Waals surface area contributed by atoms with Crippen molar-refractivity contribution in [3.8, 4) is 0 Å². The summed E-state index contributed by atoms with van der Waals surface area (Å²) in [6, 6.07) is 1.49. The molecule has 1 heterocycles. The molecule has 0 aromatic heterocycles. The molecule has 19 heavy (non-hydrogen) atoms. The first-order chi connectivity index (χ1) is 9.20. The fourth-order valence-electron chi connectivity index (χ4n) is 3.76. The largest absolute Gasteiger partial charge is 0.314 e. The average Bonchev–Trinajstić information content (AvgIpc) is 2.61. The van der Waals surface area contributed by atoms with E-state index < -0.39 is 0 Å². The van der Waals surface area contributed by atoms with Gasteiger partial charge in [-0.05, 0) is 39.3 Å². The van der Waals surface area contributed by atoms with Crippen molar-refractivity contribution >= 4 is 0 Å². The summed E-state index contributed by atoms with van der Waals surface area (Å²) in [5.41, 5.74) is 0. The Labute approximate surface area is 119 Å². The summed E-state index contributed by atoms with van der Waals surface area (Å²) in [6.45, 7) is 10.8. The highest BCUT2D eigenvalue weighted by atomic mass is 15.3. The topological polar surface area (TPSA) is 18.5 Å². The molecule has 0 spiro atoms. The number of hydrogen-bond acceptors (Lipinski definition) is 3. The predicted molar refractivity (Wildman–Crippen MR) is 82.6 cm³/mol. The number of nitrogens with zero attached hydrogens (tertiary/aromatic N) is 2. The summed E-state index contributed by atoms with van der Waals surface area (Å²) in [5, 5.41) is 3.75. The normalized spacial score (nSPS) is 35.2. The van der Waals surface area contributed by atoms with E-state index in [1.807, 2.05) is 0 Å². The van der Waals surface area contributed by atoms with E-state index in [9.17, 15) is 0 Å². The lowest BCUT2D eigenvalue weighted by Crippen LogP contribution is -2.52. The van der Waals surface area contributed by atoms with Gasteiger partial charge in [0, 0.05) is 38.3 Å². The van der Waals surface area contributed by atoms with Crippen molar-refractivity contribution in [2.75, 3.05) is 39.8 Å². The third-order valence-corrected chi connectivity index (χ3v) is 5.16. The van der Waals surface area contributed by atoms with Crippen LogP contribution in [0, 0.1) is 5.92 Å². The van der Waals surface area contributed by atoms with Crippen LogP contribution in [0.25, 0.3) is 0 Å². The van der Waals surface area contributed by atoms with Crippen LogP contribution in [0.15, 0.2) is 0 Å². The summed E-state index contributed by atoms with van der Waals surface area (Å²) in [7, 11) is 2.26. The van der Waals surface area contributed by atoms with Crippen LogP contribution in [0.4, 0.5) is 0 Å². The van der Waals surface area contributed by atoms with Gasteiger partial charge in [0.05, 0.1) is 0 Å². The second kappa shape index (κ2) is 7.61. The summed E-state index contributed by atoms with van der Waals surface area (Å²) < 4.78 is 0. The molecule has 3 atom stereocenters. The minimum atomic E-state index is 0.720. The first kappa shape index (κ1) is 15.3. The number of hydrogen-bond donors (Lipinski definition) is 1. The molecule has 1 aliphatic carbocycles. The SMILES string of the molecule is CCNC1CCCCCC1CN1CCN(C)C(C)C1. The molecule has 1 N–H and O–H groups in total. The van der Waals surface area contributed by atoms with E-state index >= 15 is 0 Å². The van der Waals surface area contributed by atoms with Crippen LogP contribution in [0.3, 0.4) is 0 Å². The molecule has 1 saturated heterocycles. The molecule has 2 fully saturated rings. The lowest BCUT2D eigenvalue weighted by atomic mass is 9.93. The van der Waals surface area contributed by atoms with Crippen molar-refractivity contribution in [2.45, 2.75) is 58.0 Å². The van der Waals surface area contributed by atoms with Gasteiger partial charge in [-0.25, -0.2) is 0 Å². The number of piperazine rings is 1. The Morgan fingerprint density at radius 1 is 1.11 bits per heavy atom. The maximum atomic E-state index is 3.75. The van der Waals surface area contributed by atoms with E-state index in [1.165, 1.54) is 58.3 Å². The van der Waals surface area contributed by atoms with Crippen molar-refractivity contribution in [1.29, 1.82) is 0 Å². The van der Waals surface area contributed by atoms with E-state index in [4.69, 9.17) is 0 Å². The van der Waals surface area contributed by atoms with Crippen LogP contribution in [-0.4, -0.2) is 61.7 Å². The number of likely N-dealkylation sites (N-methyl/N-ethyl adjacent to an activating group) is 1. The molecule has 0 radical (unpaired) electrons. The van der Waals surface area contributed by atoms with E-state index in [1.54, 1.807) is 0 Å². The highest BCUT2D eigenvalue weighted by molar-refractivity contribution is 4.84. The highest BCUT2D eigenvalue weighted by Crippen LogP contribution is 2.25. The Kier molecular flexibility index (Phi) is 6.11. The molecule has 0 aromatic carbocycles. The third-order valence-electron chi connectivity index (χ3n) is 5.16. The lowest BCUT2D eigenvalue weighted by Gasteiger charge is -2.40. The van der Waals surface area contributed by atoms with Gasteiger partial charge in [0.25, 0.3) is 0 Å². The standard InChI is InChI=1S/C16H33N3/c1-4-17-16-9-7-5-6-8-15(16)13-19-11-10-18(3)14(2)12-19/h14-17H,4-13H2,1-3H3. The number of nitrogens with one attached hydrogen (secondary N) is 1. The molecule has 3 heteroatoms. The average molecular weight is 267 g/mol. The van der Waals surface area contributed by atoms with E-state index in [2.05, 4.69) is 36.0 Å². The first-order valence-corrected chi connectivity index (χ1v) is 8.36. The summed E-state index contributed by atoms with van der Waals surface area (Å²) in [6.07, 6.45) is 7.13.